The van der Waals surface area contributed by atoms with Crippen LogP contribution in [0.2, 0.25) is 0 Å². The van der Waals surface area contributed by atoms with E-state index in [2.05, 4.69) is 10.4 Å². The summed E-state index contributed by atoms with van der Waals surface area (Å²) in [7, 11) is 3.59. The highest BCUT2D eigenvalue weighted by Gasteiger charge is 2.27. The molecule has 1 aliphatic rings. The average Bonchev–Trinajstić information content (AvgIpc) is 2.98. The number of nitrogens with one attached hydrogen (secondary N) is 1. The van der Waals surface area contributed by atoms with E-state index in [0.717, 1.165) is 48.6 Å². The van der Waals surface area contributed by atoms with Crippen LogP contribution in [-0.4, -0.2) is 47.3 Å². The Morgan fingerprint density at radius 3 is 2.76 bits per heavy atom. The zero-order valence-corrected chi connectivity index (χ0v) is 15.2. The lowest BCUT2D eigenvalue weighted by Gasteiger charge is -2.36. The van der Waals surface area contributed by atoms with Gasteiger partial charge in [0.1, 0.15) is 5.75 Å². The van der Waals surface area contributed by atoms with Crippen molar-refractivity contribution in [3.63, 3.8) is 0 Å². The molecule has 1 saturated heterocycles. The van der Waals surface area contributed by atoms with E-state index in [0.29, 0.717) is 6.42 Å². The van der Waals surface area contributed by atoms with E-state index in [9.17, 15) is 4.79 Å². The van der Waals surface area contributed by atoms with E-state index in [1.54, 1.807) is 7.11 Å². The van der Waals surface area contributed by atoms with Crippen LogP contribution in [0.25, 0.3) is 0 Å². The molecule has 6 nitrogen and oxygen atoms in total. The number of hydrogen-bond acceptors (Lipinski definition) is 4. The first-order valence-corrected chi connectivity index (χ1v) is 8.71. The van der Waals surface area contributed by atoms with E-state index in [4.69, 9.17) is 4.74 Å². The Morgan fingerprint density at radius 1 is 1.36 bits per heavy atom. The van der Waals surface area contributed by atoms with Gasteiger partial charge in [-0.25, -0.2) is 0 Å². The summed E-state index contributed by atoms with van der Waals surface area (Å²) in [5, 5.41) is 7.65. The summed E-state index contributed by atoms with van der Waals surface area (Å²) in [6.07, 6.45) is 3.11. The van der Waals surface area contributed by atoms with Gasteiger partial charge in [-0.1, -0.05) is 12.1 Å². The summed E-state index contributed by atoms with van der Waals surface area (Å²) < 4.78 is 7.08. The van der Waals surface area contributed by atoms with E-state index in [1.807, 2.05) is 54.0 Å². The molecule has 25 heavy (non-hydrogen) atoms. The summed E-state index contributed by atoms with van der Waals surface area (Å²) in [6.45, 7) is 4.40. The highest BCUT2D eigenvalue weighted by atomic mass is 16.5. The van der Waals surface area contributed by atoms with Crippen molar-refractivity contribution in [2.75, 3.05) is 26.7 Å². The molecule has 1 N–H and O–H groups in total. The van der Waals surface area contributed by atoms with Crippen molar-refractivity contribution in [2.24, 2.45) is 7.05 Å². The van der Waals surface area contributed by atoms with Crippen LogP contribution >= 0.6 is 0 Å². The highest BCUT2D eigenvalue weighted by Crippen LogP contribution is 2.25. The van der Waals surface area contributed by atoms with Gasteiger partial charge in [-0.05, 0) is 36.6 Å². The van der Waals surface area contributed by atoms with Crippen LogP contribution in [0.3, 0.4) is 0 Å². The number of benzene rings is 1. The van der Waals surface area contributed by atoms with Crippen LogP contribution in [0.1, 0.15) is 29.3 Å². The molecule has 3 rings (SSSR count). The fourth-order valence-corrected chi connectivity index (χ4v) is 3.30. The largest absolute Gasteiger partial charge is 0.497 e. The second-order valence-electron chi connectivity index (χ2n) is 6.46. The Hall–Kier alpha value is -2.34. The summed E-state index contributed by atoms with van der Waals surface area (Å²) in [5.41, 5.74) is 3.41. The van der Waals surface area contributed by atoms with Crippen molar-refractivity contribution in [1.82, 2.24) is 20.0 Å². The fraction of sp³-hybridized carbons (Fsp3) is 0.474. The summed E-state index contributed by atoms with van der Waals surface area (Å²) in [4.78, 5) is 14.8. The third-order valence-corrected chi connectivity index (χ3v) is 5.01. The van der Waals surface area contributed by atoms with E-state index in [-0.39, 0.29) is 11.9 Å². The van der Waals surface area contributed by atoms with Gasteiger partial charge in [0, 0.05) is 38.8 Å². The van der Waals surface area contributed by atoms with Gasteiger partial charge in [0.15, 0.2) is 0 Å². The lowest BCUT2D eigenvalue weighted by Crippen LogP contribution is -2.48. The van der Waals surface area contributed by atoms with Crippen molar-refractivity contribution in [2.45, 2.75) is 25.8 Å². The number of rotatable bonds is 5. The number of aromatic nitrogens is 2. The van der Waals surface area contributed by atoms with E-state index >= 15 is 0 Å². The van der Waals surface area contributed by atoms with Crippen LogP contribution in [0, 0.1) is 6.92 Å². The topological polar surface area (TPSA) is 59.4 Å². The predicted octanol–water partition coefficient (Wildman–Crippen LogP) is 1.84. The number of carbonyl (C=O) groups is 1. The Balaban J connectivity index is 1.69. The quantitative estimate of drug-likeness (QED) is 0.901. The zero-order chi connectivity index (χ0) is 17.8. The number of piperazine rings is 1. The number of methoxy groups -OCH3 is 1. The zero-order valence-electron chi connectivity index (χ0n) is 15.2. The molecule has 0 spiro atoms. The van der Waals surface area contributed by atoms with Crippen LogP contribution in [0.15, 0.2) is 30.5 Å². The van der Waals surface area contributed by atoms with Crippen LogP contribution < -0.4 is 10.1 Å². The molecule has 2 heterocycles. The number of carbonyl (C=O) groups excluding carboxylic acids is 1. The van der Waals surface area contributed by atoms with E-state index in [1.165, 1.54) is 0 Å². The van der Waals surface area contributed by atoms with Gasteiger partial charge in [-0.15, -0.1) is 0 Å². The first-order valence-electron chi connectivity index (χ1n) is 8.71. The minimum Gasteiger partial charge on any atom is -0.497 e. The normalized spacial score (nSPS) is 17.6. The maximum absolute atomic E-state index is 12.8. The second-order valence-corrected chi connectivity index (χ2v) is 6.46. The third-order valence-electron chi connectivity index (χ3n) is 5.01. The molecule has 2 aromatic rings. The fourth-order valence-electron chi connectivity index (χ4n) is 3.30. The van der Waals surface area contributed by atoms with Crippen molar-refractivity contribution in [3.8, 4) is 5.75 Å². The van der Waals surface area contributed by atoms with Crippen LogP contribution in [-0.2, 0) is 18.3 Å². The molecule has 0 radical (unpaired) electrons. The smallest absolute Gasteiger partial charge is 0.223 e. The van der Waals surface area contributed by atoms with Gasteiger partial charge in [0.2, 0.25) is 5.91 Å². The predicted molar refractivity (Wildman–Crippen MR) is 96.6 cm³/mol. The summed E-state index contributed by atoms with van der Waals surface area (Å²) >= 11 is 0. The number of ether oxygens (including phenoxy) is 1. The van der Waals surface area contributed by atoms with Gasteiger partial charge >= 0.3 is 0 Å². The van der Waals surface area contributed by atoms with Gasteiger partial charge in [0.05, 0.1) is 19.3 Å². The number of aryl methyl sites for hydroxylation is 2. The second kappa shape index (κ2) is 7.70. The van der Waals surface area contributed by atoms with Crippen LogP contribution in [0.5, 0.6) is 5.75 Å². The number of nitrogens with zero attached hydrogens (tertiary/aromatic N) is 3. The summed E-state index contributed by atoms with van der Waals surface area (Å²) in [5.74, 6) is 1.03. The summed E-state index contributed by atoms with van der Waals surface area (Å²) in [6, 6.07) is 8.06. The molecule has 1 atom stereocenters. The molecule has 0 saturated carbocycles. The molecule has 134 valence electrons. The minimum absolute atomic E-state index is 0.0714. The molecular weight excluding hydrogens is 316 g/mol. The molecule has 6 heteroatoms. The van der Waals surface area contributed by atoms with Gasteiger partial charge in [-0.2, -0.15) is 5.10 Å². The van der Waals surface area contributed by atoms with E-state index < -0.39 is 0 Å². The molecule has 0 unspecified atom stereocenters. The highest BCUT2D eigenvalue weighted by molar-refractivity contribution is 5.77. The monoisotopic (exact) mass is 342 g/mol. The lowest BCUT2D eigenvalue weighted by atomic mass is 10.0. The average molecular weight is 342 g/mol. The number of amides is 1. The van der Waals surface area contributed by atoms with Gasteiger partial charge < -0.3 is 15.0 Å². The Kier molecular flexibility index (Phi) is 5.38. The Morgan fingerprint density at radius 2 is 2.12 bits per heavy atom. The molecule has 0 bridgehead atoms. The molecular formula is C19H26N4O2. The van der Waals surface area contributed by atoms with Crippen molar-refractivity contribution in [3.05, 3.63) is 47.3 Å². The van der Waals surface area contributed by atoms with Crippen molar-refractivity contribution >= 4 is 5.91 Å². The number of hydrogen-bond donors (Lipinski definition) is 1. The Bertz CT molecular complexity index is 724. The van der Waals surface area contributed by atoms with Gasteiger partial charge in [0.25, 0.3) is 0 Å². The standard InChI is InChI=1S/C19H26N4O2/c1-14-16(12-21-22(14)2)6-9-19(24)23-11-10-20-13-18(23)15-4-7-17(25-3)8-5-15/h4-5,7-8,12,18,20H,6,9-11,13H2,1-3H3/t18-/m1/s1. The maximum atomic E-state index is 12.8. The minimum atomic E-state index is 0.0714. The lowest BCUT2D eigenvalue weighted by molar-refractivity contribution is -0.134. The van der Waals surface area contributed by atoms with Crippen molar-refractivity contribution in [1.29, 1.82) is 0 Å². The molecule has 1 fully saturated rings. The van der Waals surface area contributed by atoms with Crippen molar-refractivity contribution < 1.29 is 9.53 Å². The SMILES string of the molecule is COc1ccc([C@H]2CNCCN2C(=O)CCc2cnn(C)c2C)cc1. The Labute approximate surface area is 148 Å². The maximum Gasteiger partial charge on any atom is 0.223 e. The molecule has 1 aromatic carbocycles. The van der Waals surface area contributed by atoms with Gasteiger partial charge in [-0.3, -0.25) is 9.48 Å². The first-order chi connectivity index (χ1) is 12.1. The van der Waals surface area contributed by atoms with Crippen LogP contribution in [0.4, 0.5) is 0 Å². The third kappa shape index (κ3) is 3.85. The molecule has 1 aliphatic heterocycles. The molecule has 0 aliphatic carbocycles. The molecule has 1 aromatic heterocycles. The first kappa shape index (κ1) is 17.5. The molecule has 1 amide bonds.